The third kappa shape index (κ3) is 3.45. The Bertz CT molecular complexity index is 499. The number of benzene rings is 1. The van der Waals surface area contributed by atoms with Crippen LogP contribution >= 0.6 is 12.2 Å². The van der Waals surface area contributed by atoms with Crippen molar-refractivity contribution < 1.29 is 12.8 Å². The topological polar surface area (TPSA) is 72.2 Å². The van der Waals surface area contributed by atoms with E-state index in [9.17, 15) is 12.8 Å². The van der Waals surface area contributed by atoms with Crippen molar-refractivity contribution in [3.63, 3.8) is 0 Å². The van der Waals surface area contributed by atoms with Gasteiger partial charge in [0.15, 0.2) is 0 Å². The molecule has 0 aliphatic carbocycles. The maximum Gasteiger partial charge on any atom is 0.229 e. The molecule has 7 heteroatoms. The van der Waals surface area contributed by atoms with E-state index in [2.05, 4.69) is 16.9 Å². The van der Waals surface area contributed by atoms with E-state index in [1.54, 1.807) is 0 Å². The molecule has 0 bridgehead atoms. The van der Waals surface area contributed by atoms with Gasteiger partial charge in [-0.3, -0.25) is 4.72 Å². The smallest absolute Gasteiger partial charge is 0.229 e. The van der Waals surface area contributed by atoms with Crippen molar-refractivity contribution in [1.82, 2.24) is 0 Å². The second kappa shape index (κ2) is 4.11. The molecule has 0 aromatic heterocycles. The van der Waals surface area contributed by atoms with Gasteiger partial charge in [-0.15, -0.1) is 0 Å². The lowest BCUT2D eigenvalue weighted by Crippen LogP contribution is -2.14. The van der Waals surface area contributed by atoms with Crippen molar-refractivity contribution >= 4 is 32.9 Å². The molecule has 0 amide bonds. The molecule has 3 N–H and O–H groups in total. The average Bonchev–Trinajstić information content (AvgIpc) is 2.05. The molecule has 1 aromatic carbocycles. The van der Waals surface area contributed by atoms with Gasteiger partial charge in [0.25, 0.3) is 0 Å². The molecular weight excluding hydrogens is 239 g/mol. The summed E-state index contributed by atoms with van der Waals surface area (Å²) in [4.78, 5) is -0.121. The van der Waals surface area contributed by atoms with Crippen molar-refractivity contribution in [2.75, 3.05) is 11.0 Å². The van der Waals surface area contributed by atoms with Gasteiger partial charge in [-0.05, 0) is 18.2 Å². The fourth-order valence-electron chi connectivity index (χ4n) is 0.992. The fraction of sp³-hybridized carbons (Fsp3) is 0.125. The highest BCUT2D eigenvalue weighted by Crippen LogP contribution is 2.15. The highest BCUT2D eigenvalue weighted by Gasteiger charge is 2.08. The Labute approximate surface area is 92.3 Å². The van der Waals surface area contributed by atoms with Gasteiger partial charge in [-0.1, -0.05) is 12.2 Å². The number of thiocarbonyl (C=S) groups is 1. The molecule has 1 rings (SSSR count). The lowest BCUT2D eigenvalue weighted by atomic mass is 10.2. The maximum absolute atomic E-state index is 13.1. The molecular formula is C8H9FN2O2S2. The molecule has 4 nitrogen and oxygen atoms in total. The third-order valence-corrected chi connectivity index (χ3v) is 2.36. The lowest BCUT2D eigenvalue weighted by Gasteiger charge is -2.06. The molecule has 0 aliphatic rings. The van der Waals surface area contributed by atoms with E-state index in [0.717, 1.165) is 12.3 Å². The van der Waals surface area contributed by atoms with E-state index in [-0.39, 0.29) is 16.2 Å². The lowest BCUT2D eigenvalue weighted by molar-refractivity contribution is 0.606. The first-order valence-electron chi connectivity index (χ1n) is 3.87. The van der Waals surface area contributed by atoms with Crippen LogP contribution in [0.2, 0.25) is 0 Å². The number of sulfonamides is 1. The summed E-state index contributed by atoms with van der Waals surface area (Å²) in [6, 6.07) is 3.64. The number of nitrogens with one attached hydrogen (secondary N) is 1. The zero-order valence-corrected chi connectivity index (χ0v) is 9.45. The van der Waals surface area contributed by atoms with Crippen LogP contribution in [0, 0.1) is 5.82 Å². The standard InChI is InChI=1S/C8H9FN2O2S2/c1-15(12,13)11-5-2-3-7(9)6(4-5)8(10)14/h2-4,11H,1H3,(H2,10,14). The molecule has 0 unspecified atom stereocenters. The van der Waals surface area contributed by atoms with Gasteiger partial charge in [0.2, 0.25) is 10.0 Å². The average molecular weight is 248 g/mol. The highest BCUT2D eigenvalue weighted by atomic mass is 32.2. The summed E-state index contributed by atoms with van der Waals surface area (Å²) in [5.74, 6) is -0.582. The second-order valence-corrected chi connectivity index (χ2v) is 5.12. The molecule has 0 spiro atoms. The predicted molar refractivity (Wildman–Crippen MR) is 60.8 cm³/mol. The highest BCUT2D eigenvalue weighted by molar-refractivity contribution is 7.92. The quantitative estimate of drug-likeness (QED) is 0.777. The van der Waals surface area contributed by atoms with Crippen molar-refractivity contribution in [3.8, 4) is 0 Å². The van der Waals surface area contributed by atoms with Crippen molar-refractivity contribution in [1.29, 1.82) is 0 Å². The minimum atomic E-state index is -3.39. The molecule has 0 aliphatic heterocycles. The first-order valence-corrected chi connectivity index (χ1v) is 6.17. The SMILES string of the molecule is CS(=O)(=O)Nc1ccc(F)c(C(N)=S)c1. The van der Waals surface area contributed by atoms with Gasteiger partial charge < -0.3 is 5.73 Å². The van der Waals surface area contributed by atoms with Crippen molar-refractivity contribution in [2.45, 2.75) is 0 Å². The summed E-state index contributed by atoms with van der Waals surface area (Å²) in [6.07, 6.45) is 0.997. The van der Waals surface area contributed by atoms with Crippen LogP contribution in [-0.2, 0) is 10.0 Å². The van der Waals surface area contributed by atoms with E-state index < -0.39 is 15.8 Å². The van der Waals surface area contributed by atoms with Gasteiger partial charge in [-0.2, -0.15) is 0 Å². The molecule has 0 fully saturated rings. The van der Waals surface area contributed by atoms with Crippen LogP contribution in [0.1, 0.15) is 5.56 Å². The number of rotatable bonds is 3. The van der Waals surface area contributed by atoms with Crippen LogP contribution < -0.4 is 10.5 Å². The van der Waals surface area contributed by atoms with Crippen LogP contribution in [-0.4, -0.2) is 19.7 Å². The molecule has 0 atom stereocenters. The summed E-state index contributed by atoms with van der Waals surface area (Å²) >= 11 is 4.61. The Kier molecular flexibility index (Phi) is 3.25. The Balaban J connectivity index is 3.14. The molecule has 15 heavy (non-hydrogen) atoms. The largest absolute Gasteiger partial charge is 0.389 e. The molecule has 1 aromatic rings. The normalized spacial score (nSPS) is 11.1. The van der Waals surface area contributed by atoms with E-state index in [4.69, 9.17) is 5.73 Å². The predicted octanol–water partition coefficient (Wildman–Crippen LogP) is 0.831. The number of hydrogen-bond donors (Lipinski definition) is 2. The molecule has 82 valence electrons. The van der Waals surface area contributed by atoms with Crippen LogP contribution in [0.25, 0.3) is 0 Å². The van der Waals surface area contributed by atoms with Crippen LogP contribution in [0.15, 0.2) is 18.2 Å². The number of nitrogens with two attached hydrogens (primary N) is 1. The fourth-order valence-corrected chi connectivity index (χ4v) is 1.70. The minimum absolute atomic E-state index is 0.0126. The summed E-state index contributed by atoms with van der Waals surface area (Å²) in [6.45, 7) is 0. The summed E-state index contributed by atoms with van der Waals surface area (Å²) in [5.41, 5.74) is 5.50. The van der Waals surface area contributed by atoms with Crippen molar-refractivity contribution in [2.24, 2.45) is 5.73 Å². The number of anilines is 1. The van der Waals surface area contributed by atoms with Gasteiger partial charge in [-0.25, -0.2) is 12.8 Å². The second-order valence-electron chi connectivity index (χ2n) is 2.93. The summed E-state index contributed by atoms with van der Waals surface area (Å²) < 4.78 is 37.1. The summed E-state index contributed by atoms with van der Waals surface area (Å²) in [5, 5.41) is 0. The Morgan fingerprint density at radius 2 is 2.13 bits per heavy atom. The first kappa shape index (κ1) is 11.9. The zero-order valence-electron chi connectivity index (χ0n) is 7.82. The van der Waals surface area contributed by atoms with Crippen molar-refractivity contribution in [3.05, 3.63) is 29.6 Å². The molecule has 0 saturated carbocycles. The minimum Gasteiger partial charge on any atom is -0.389 e. The van der Waals surface area contributed by atoms with E-state index in [1.807, 2.05) is 0 Å². The molecule has 0 heterocycles. The number of halogens is 1. The third-order valence-electron chi connectivity index (χ3n) is 1.54. The monoisotopic (exact) mass is 248 g/mol. The summed E-state index contributed by atoms with van der Waals surface area (Å²) in [7, 11) is -3.39. The van der Waals surface area contributed by atoms with Gasteiger partial charge in [0.05, 0.1) is 6.26 Å². The van der Waals surface area contributed by atoms with E-state index >= 15 is 0 Å². The van der Waals surface area contributed by atoms with E-state index in [0.29, 0.717) is 0 Å². The van der Waals surface area contributed by atoms with Gasteiger partial charge in [0.1, 0.15) is 10.8 Å². The molecule has 0 saturated heterocycles. The Morgan fingerprint density at radius 1 is 1.53 bits per heavy atom. The van der Waals surface area contributed by atoms with Crippen LogP contribution in [0.4, 0.5) is 10.1 Å². The number of hydrogen-bond acceptors (Lipinski definition) is 3. The zero-order chi connectivity index (χ0) is 11.6. The van der Waals surface area contributed by atoms with E-state index in [1.165, 1.54) is 12.1 Å². The van der Waals surface area contributed by atoms with Gasteiger partial charge in [0, 0.05) is 11.3 Å². The van der Waals surface area contributed by atoms with Crippen LogP contribution in [0.3, 0.4) is 0 Å². The van der Waals surface area contributed by atoms with Gasteiger partial charge >= 0.3 is 0 Å². The first-order chi connectivity index (χ1) is 6.79. The Hall–Kier alpha value is -1.21. The molecule has 0 radical (unpaired) electrons. The van der Waals surface area contributed by atoms with Crippen LogP contribution in [0.5, 0.6) is 0 Å². The Morgan fingerprint density at radius 3 is 2.60 bits per heavy atom. The maximum atomic E-state index is 13.1.